The van der Waals surface area contributed by atoms with Crippen molar-refractivity contribution in [3.8, 4) is 11.3 Å². The summed E-state index contributed by atoms with van der Waals surface area (Å²) in [6.45, 7) is 4.06. The van der Waals surface area contributed by atoms with E-state index in [0.29, 0.717) is 5.02 Å². The highest BCUT2D eigenvalue weighted by molar-refractivity contribution is 6.32. The SMILES string of the molecule is CCc1c(Cl)cc(-c2cccc(Cl)c2)nc1C.Cl. The summed E-state index contributed by atoms with van der Waals surface area (Å²) in [4.78, 5) is 4.57. The van der Waals surface area contributed by atoms with Crippen LogP contribution in [0.2, 0.25) is 10.0 Å². The van der Waals surface area contributed by atoms with Crippen LogP contribution in [0.5, 0.6) is 0 Å². The highest BCUT2D eigenvalue weighted by atomic mass is 35.5. The second kappa shape index (κ2) is 6.42. The molecule has 0 aliphatic rings. The first-order chi connectivity index (χ1) is 8.11. The van der Waals surface area contributed by atoms with Crippen LogP contribution in [0.1, 0.15) is 18.2 Å². The Bertz CT molecular complexity index is 529. The quantitative estimate of drug-likeness (QED) is 0.729. The lowest BCUT2D eigenvalue weighted by molar-refractivity contribution is 1.05. The first kappa shape index (κ1) is 15.3. The smallest absolute Gasteiger partial charge is 0.0720 e. The zero-order chi connectivity index (χ0) is 12.4. The zero-order valence-corrected chi connectivity index (χ0v) is 12.5. The molecule has 0 fully saturated rings. The Morgan fingerprint density at radius 3 is 2.44 bits per heavy atom. The monoisotopic (exact) mass is 301 g/mol. The molecule has 1 heterocycles. The molecule has 2 aromatic rings. The fraction of sp³-hybridized carbons (Fsp3) is 0.214. The van der Waals surface area contributed by atoms with Crippen LogP contribution in [-0.2, 0) is 6.42 Å². The van der Waals surface area contributed by atoms with E-state index in [1.54, 1.807) is 0 Å². The van der Waals surface area contributed by atoms with Gasteiger partial charge in [0.15, 0.2) is 0 Å². The van der Waals surface area contributed by atoms with Crippen LogP contribution in [-0.4, -0.2) is 4.98 Å². The van der Waals surface area contributed by atoms with Gasteiger partial charge in [0.1, 0.15) is 0 Å². The summed E-state index contributed by atoms with van der Waals surface area (Å²) in [5.74, 6) is 0. The third kappa shape index (κ3) is 3.17. The van der Waals surface area contributed by atoms with E-state index in [2.05, 4.69) is 11.9 Å². The third-order valence-electron chi connectivity index (χ3n) is 2.75. The molecule has 0 saturated heterocycles. The van der Waals surface area contributed by atoms with E-state index >= 15 is 0 Å². The average Bonchev–Trinajstić information content (AvgIpc) is 2.28. The Balaban J connectivity index is 0.00000162. The Morgan fingerprint density at radius 1 is 1.17 bits per heavy atom. The Morgan fingerprint density at radius 2 is 1.89 bits per heavy atom. The summed E-state index contributed by atoms with van der Waals surface area (Å²) in [6.07, 6.45) is 0.896. The first-order valence-electron chi connectivity index (χ1n) is 5.53. The van der Waals surface area contributed by atoms with Crippen LogP contribution in [0.25, 0.3) is 11.3 Å². The molecule has 2 rings (SSSR count). The molecule has 0 saturated carbocycles. The first-order valence-corrected chi connectivity index (χ1v) is 6.29. The van der Waals surface area contributed by atoms with Gasteiger partial charge in [-0.15, -0.1) is 12.4 Å². The number of benzene rings is 1. The third-order valence-corrected chi connectivity index (χ3v) is 3.32. The molecule has 0 spiro atoms. The molecule has 0 atom stereocenters. The molecule has 0 radical (unpaired) electrons. The largest absolute Gasteiger partial charge is 0.253 e. The van der Waals surface area contributed by atoms with Crippen molar-refractivity contribution < 1.29 is 0 Å². The molecule has 0 aliphatic heterocycles. The number of hydrogen-bond donors (Lipinski definition) is 0. The number of nitrogens with zero attached hydrogens (tertiary/aromatic N) is 1. The van der Waals surface area contributed by atoms with Crippen LogP contribution >= 0.6 is 35.6 Å². The Labute approximate surface area is 124 Å². The van der Waals surface area contributed by atoms with Gasteiger partial charge in [-0.3, -0.25) is 4.98 Å². The van der Waals surface area contributed by atoms with Crippen LogP contribution in [0.3, 0.4) is 0 Å². The highest BCUT2D eigenvalue weighted by Crippen LogP contribution is 2.27. The summed E-state index contributed by atoms with van der Waals surface area (Å²) in [6, 6.07) is 9.54. The molecule has 0 bridgehead atoms. The molecular formula is C14H14Cl3N. The van der Waals surface area contributed by atoms with Gasteiger partial charge in [0.2, 0.25) is 0 Å². The van der Waals surface area contributed by atoms with Crippen molar-refractivity contribution in [3.63, 3.8) is 0 Å². The summed E-state index contributed by atoms with van der Waals surface area (Å²) < 4.78 is 0. The maximum atomic E-state index is 6.25. The van der Waals surface area contributed by atoms with Crippen molar-refractivity contribution in [2.45, 2.75) is 20.3 Å². The van der Waals surface area contributed by atoms with E-state index in [1.165, 1.54) is 0 Å². The van der Waals surface area contributed by atoms with Gasteiger partial charge in [-0.05, 0) is 37.1 Å². The minimum absolute atomic E-state index is 0. The van der Waals surface area contributed by atoms with Gasteiger partial charge in [-0.1, -0.05) is 42.3 Å². The lowest BCUT2D eigenvalue weighted by Crippen LogP contribution is -1.95. The molecule has 1 nitrogen and oxygen atoms in total. The van der Waals surface area contributed by atoms with Crippen LogP contribution in [0, 0.1) is 6.92 Å². The van der Waals surface area contributed by atoms with E-state index in [1.807, 2.05) is 37.3 Å². The highest BCUT2D eigenvalue weighted by Gasteiger charge is 2.08. The van der Waals surface area contributed by atoms with Gasteiger partial charge in [-0.25, -0.2) is 0 Å². The molecule has 1 aromatic heterocycles. The molecule has 0 N–H and O–H groups in total. The van der Waals surface area contributed by atoms with E-state index < -0.39 is 0 Å². The molecule has 0 amide bonds. The standard InChI is InChI=1S/C14H13Cl2N.ClH/c1-3-12-9(2)17-14(8-13(12)16)10-5-4-6-11(15)7-10;/h4-8H,3H2,1-2H3;1H. The normalized spacial score (nSPS) is 10.0. The summed E-state index contributed by atoms with van der Waals surface area (Å²) in [5, 5.41) is 1.48. The van der Waals surface area contributed by atoms with Crippen LogP contribution in [0.4, 0.5) is 0 Å². The number of pyridine rings is 1. The molecular weight excluding hydrogens is 289 g/mol. The van der Waals surface area contributed by atoms with Gasteiger partial charge in [0, 0.05) is 21.3 Å². The number of rotatable bonds is 2. The second-order valence-corrected chi connectivity index (χ2v) is 4.76. The molecule has 1 aromatic carbocycles. The van der Waals surface area contributed by atoms with Crippen molar-refractivity contribution in [1.29, 1.82) is 0 Å². The summed E-state index contributed by atoms with van der Waals surface area (Å²) >= 11 is 12.2. The molecule has 18 heavy (non-hydrogen) atoms. The fourth-order valence-electron chi connectivity index (χ4n) is 1.88. The lowest BCUT2D eigenvalue weighted by Gasteiger charge is -2.09. The van der Waals surface area contributed by atoms with Crippen LogP contribution < -0.4 is 0 Å². The number of halogens is 3. The van der Waals surface area contributed by atoms with Crippen molar-refractivity contribution in [2.75, 3.05) is 0 Å². The van der Waals surface area contributed by atoms with Gasteiger partial charge >= 0.3 is 0 Å². The average molecular weight is 303 g/mol. The number of aryl methyl sites for hydroxylation is 1. The van der Waals surface area contributed by atoms with Crippen molar-refractivity contribution >= 4 is 35.6 Å². The van der Waals surface area contributed by atoms with Crippen molar-refractivity contribution in [3.05, 3.63) is 51.6 Å². The minimum atomic E-state index is 0. The Kier molecular flexibility index (Phi) is 5.46. The van der Waals surface area contributed by atoms with Gasteiger partial charge in [-0.2, -0.15) is 0 Å². The molecule has 4 heteroatoms. The Hall–Kier alpha value is -0.760. The van der Waals surface area contributed by atoms with Crippen molar-refractivity contribution in [2.24, 2.45) is 0 Å². The van der Waals surface area contributed by atoms with Crippen LogP contribution in [0.15, 0.2) is 30.3 Å². The predicted molar refractivity (Wildman–Crippen MR) is 81.1 cm³/mol. The number of aromatic nitrogens is 1. The summed E-state index contributed by atoms with van der Waals surface area (Å²) in [7, 11) is 0. The maximum absolute atomic E-state index is 6.25. The predicted octanol–water partition coefficient (Wildman–Crippen LogP) is 5.35. The van der Waals surface area contributed by atoms with Crippen molar-refractivity contribution in [1.82, 2.24) is 4.98 Å². The zero-order valence-electron chi connectivity index (χ0n) is 10.2. The minimum Gasteiger partial charge on any atom is -0.253 e. The topological polar surface area (TPSA) is 12.9 Å². The molecule has 96 valence electrons. The molecule has 0 unspecified atom stereocenters. The van der Waals surface area contributed by atoms with Gasteiger partial charge in [0.05, 0.1) is 5.69 Å². The molecule has 0 aliphatic carbocycles. The van der Waals surface area contributed by atoms with E-state index in [0.717, 1.165) is 34.0 Å². The van der Waals surface area contributed by atoms with Gasteiger partial charge in [0.25, 0.3) is 0 Å². The lowest BCUT2D eigenvalue weighted by atomic mass is 10.1. The fourth-order valence-corrected chi connectivity index (χ4v) is 2.44. The van der Waals surface area contributed by atoms with E-state index in [9.17, 15) is 0 Å². The van der Waals surface area contributed by atoms with E-state index in [-0.39, 0.29) is 12.4 Å². The second-order valence-electron chi connectivity index (χ2n) is 3.92. The number of hydrogen-bond acceptors (Lipinski definition) is 1. The van der Waals surface area contributed by atoms with E-state index in [4.69, 9.17) is 23.2 Å². The van der Waals surface area contributed by atoms with Gasteiger partial charge < -0.3 is 0 Å². The maximum Gasteiger partial charge on any atom is 0.0720 e. The summed E-state index contributed by atoms with van der Waals surface area (Å²) in [5.41, 5.74) is 3.95.